The van der Waals surface area contributed by atoms with Crippen LogP contribution in [-0.4, -0.2) is 30.2 Å². The molecule has 9 heteroatoms. The quantitative estimate of drug-likeness (QED) is 0.445. The van der Waals surface area contributed by atoms with Crippen molar-refractivity contribution in [3.63, 3.8) is 0 Å². The van der Waals surface area contributed by atoms with Gasteiger partial charge in [-0.2, -0.15) is 4.31 Å². The van der Waals surface area contributed by atoms with Gasteiger partial charge < -0.3 is 5.32 Å². The zero-order valence-electron chi connectivity index (χ0n) is 16.8. The maximum absolute atomic E-state index is 13.1. The van der Waals surface area contributed by atoms with E-state index in [1.54, 1.807) is 17.6 Å². The Bertz CT molecular complexity index is 1430. The second-order valence-corrected chi connectivity index (χ2v) is 10.7. The molecule has 0 fully saturated rings. The molecule has 32 heavy (non-hydrogen) atoms. The molecular weight excluding hydrogens is 466 g/mol. The first-order valence-corrected chi connectivity index (χ1v) is 12.6. The van der Waals surface area contributed by atoms with E-state index in [-0.39, 0.29) is 10.8 Å². The molecule has 5 rings (SSSR count). The van der Waals surface area contributed by atoms with Gasteiger partial charge in [-0.05, 0) is 53.9 Å². The monoisotopic (exact) mass is 483 g/mol. The topological polar surface area (TPSA) is 79.4 Å². The first-order chi connectivity index (χ1) is 15.4. The Morgan fingerprint density at radius 3 is 2.56 bits per heavy atom. The van der Waals surface area contributed by atoms with Gasteiger partial charge in [0.15, 0.2) is 0 Å². The minimum absolute atomic E-state index is 0.171. The van der Waals surface area contributed by atoms with Gasteiger partial charge >= 0.3 is 0 Å². The van der Waals surface area contributed by atoms with Crippen molar-refractivity contribution in [2.75, 3.05) is 11.9 Å². The number of nitrogens with zero attached hydrogens (tertiary/aromatic N) is 2. The van der Waals surface area contributed by atoms with Crippen LogP contribution in [0.15, 0.2) is 71.1 Å². The molecule has 1 N–H and O–H groups in total. The number of rotatable bonds is 4. The molecule has 0 bridgehead atoms. The zero-order valence-corrected chi connectivity index (χ0v) is 19.2. The number of hydrogen-bond donors (Lipinski definition) is 1. The van der Waals surface area contributed by atoms with Gasteiger partial charge in [0, 0.05) is 18.7 Å². The SMILES string of the molecule is O=C(Nc1ccc(Cl)c2ncsc12)c1ccc(S(=O)(=O)N2CCc3ccccc3C2)cc1. The van der Waals surface area contributed by atoms with Gasteiger partial charge in [0.25, 0.3) is 5.91 Å². The van der Waals surface area contributed by atoms with Crippen molar-refractivity contribution in [2.45, 2.75) is 17.9 Å². The van der Waals surface area contributed by atoms with Crippen LogP contribution in [0.3, 0.4) is 0 Å². The maximum Gasteiger partial charge on any atom is 0.255 e. The van der Waals surface area contributed by atoms with E-state index in [0.717, 1.165) is 10.3 Å². The number of aromatic nitrogens is 1. The molecule has 1 aromatic heterocycles. The molecule has 0 atom stereocenters. The van der Waals surface area contributed by atoms with Crippen LogP contribution in [0.2, 0.25) is 5.02 Å². The summed E-state index contributed by atoms with van der Waals surface area (Å²) in [7, 11) is -3.65. The number of fused-ring (bicyclic) bond motifs is 2. The summed E-state index contributed by atoms with van der Waals surface area (Å²) >= 11 is 7.53. The molecule has 0 saturated carbocycles. The van der Waals surface area contributed by atoms with Gasteiger partial charge in [-0.25, -0.2) is 13.4 Å². The Balaban J connectivity index is 1.35. The third-order valence-electron chi connectivity index (χ3n) is 5.53. The number of hydrogen-bond acceptors (Lipinski definition) is 5. The number of amides is 1. The molecule has 4 aromatic rings. The van der Waals surface area contributed by atoms with Crippen LogP contribution in [0.4, 0.5) is 5.69 Å². The van der Waals surface area contributed by atoms with Gasteiger partial charge in [-0.1, -0.05) is 35.9 Å². The van der Waals surface area contributed by atoms with E-state index in [2.05, 4.69) is 10.3 Å². The van der Waals surface area contributed by atoms with E-state index in [1.165, 1.54) is 45.5 Å². The van der Waals surface area contributed by atoms with Crippen molar-refractivity contribution >= 4 is 54.8 Å². The number of carbonyl (C=O) groups excluding carboxylic acids is 1. The minimum atomic E-state index is -3.65. The van der Waals surface area contributed by atoms with Crippen LogP contribution in [0.25, 0.3) is 10.2 Å². The number of anilines is 1. The Morgan fingerprint density at radius 2 is 1.78 bits per heavy atom. The molecule has 6 nitrogen and oxygen atoms in total. The Labute approximate surface area is 194 Å². The average Bonchev–Trinajstić information content (AvgIpc) is 3.32. The van der Waals surface area contributed by atoms with Gasteiger partial charge in [0.05, 0.1) is 25.8 Å². The predicted octanol–water partition coefficient (Wildman–Crippen LogP) is 4.95. The number of sulfonamides is 1. The third kappa shape index (κ3) is 3.80. The lowest BCUT2D eigenvalue weighted by molar-refractivity contribution is 0.102. The van der Waals surface area contributed by atoms with Crippen LogP contribution < -0.4 is 5.32 Å². The fraction of sp³-hybridized carbons (Fsp3) is 0.130. The van der Waals surface area contributed by atoms with Crippen LogP contribution in [0.5, 0.6) is 0 Å². The minimum Gasteiger partial charge on any atom is -0.321 e. The van der Waals surface area contributed by atoms with Gasteiger partial charge in [0.2, 0.25) is 10.0 Å². The van der Waals surface area contributed by atoms with E-state index in [4.69, 9.17) is 11.6 Å². The molecular formula is C23H18ClN3O3S2. The number of benzene rings is 3. The lowest BCUT2D eigenvalue weighted by atomic mass is 10.0. The Hall–Kier alpha value is -2.78. The largest absolute Gasteiger partial charge is 0.321 e. The summed E-state index contributed by atoms with van der Waals surface area (Å²) < 4.78 is 28.5. The molecule has 3 aromatic carbocycles. The van der Waals surface area contributed by atoms with Crippen molar-refractivity contribution in [3.05, 3.63) is 87.9 Å². The molecule has 2 heterocycles. The van der Waals surface area contributed by atoms with E-state index in [0.29, 0.717) is 41.3 Å². The molecule has 0 radical (unpaired) electrons. The summed E-state index contributed by atoms with van der Waals surface area (Å²) in [5.74, 6) is -0.335. The van der Waals surface area contributed by atoms with E-state index >= 15 is 0 Å². The maximum atomic E-state index is 13.1. The molecule has 0 unspecified atom stereocenters. The molecule has 0 aliphatic carbocycles. The second kappa shape index (κ2) is 8.29. The second-order valence-electron chi connectivity index (χ2n) is 7.46. The van der Waals surface area contributed by atoms with E-state index < -0.39 is 10.0 Å². The fourth-order valence-electron chi connectivity index (χ4n) is 3.81. The molecule has 162 valence electrons. The molecule has 1 amide bonds. The highest BCUT2D eigenvalue weighted by Gasteiger charge is 2.28. The zero-order chi connectivity index (χ0) is 22.3. The Morgan fingerprint density at radius 1 is 1.03 bits per heavy atom. The van der Waals surface area contributed by atoms with Crippen LogP contribution >= 0.6 is 22.9 Å². The van der Waals surface area contributed by atoms with Crippen molar-refractivity contribution in [3.8, 4) is 0 Å². The number of nitrogens with one attached hydrogen (secondary N) is 1. The first kappa shape index (κ1) is 21.1. The third-order valence-corrected chi connectivity index (χ3v) is 8.56. The molecule has 1 aliphatic heterocycles. The number of halogens is 1. The van der Waals surface area contributed by atoms with Gasteiger partial charge in [0.1, 0.15) is 5.52 Å². The summed E-state index contributed by atoms with van der Waals surface area (Å²) in [5.41, 5.74) is 5.49. The lowest BCUT2D eigenvalue weighted by Crippen LogP contribution is -2.35. The van der Waals surface area contributed by atoms with Crippen molar-refractivity contribution in [1.82, 2.24) is 9.29 Å². The van der Waals surface area contributed by atoms with Crippen molar-refractivity contribution < 1.29 is 13.2 Å². The Kier molecular flexibility index (Phi) is 5.46. The molecule has 0 spiro atoms. The standard InChI is InChI=1S/C23H18ClN3O3S2/c24-19-9-10-20(22-21(19)25-14-31-22)26-23(28)16-5-7-18(8-6-16)32(29,30)27-12-11-15-3-1-2-4-17(15)13-27/h1-10,14H,11-13H2,(H,26,28). The van der Waals surface area contributed by atoms with Crippen molar-refractivity contribution in [1.29, 1.82) is 0 Å². The first-order valence-electron chi connectivity index (χ1n) is 9.93. The summed E-state index contributed by atoms with van der Waals surface area (Å²) in [6, 6.07) is 17.3. The fourth-order valence-corrected chi connectivity index (χ4v) is 6.28. The normalized spacial score (nSPS) is 14.3. The highest BCUT2D eigenvalue weighted by molar-refractivity contribution is 7.89. The highest BCUT2D eigenvalue weighted by Crippen LogP contribution is 2.32. The average molecular weight is 484 g/mol. The molecule has 0 saturated heterocycles. The van der Waals surface area contributed by atoms with E-state index in [9.17, 15) is 13.2 Å². The van der Waals surface area contributed by atoms with Crippen molar-refractivity contribution in [2.24, 2.45) is 0 Å². The summed E-state index contributed by atoms with van der Waals surface area (Å²) in [6.07, 6.45) is 0.684. The van der Waals surface area contributed by atoms with Crippen LogP contribution in [-0.2, 0) is 23.0 Å². The van der Waals surface area contributed by atoms with Crippen LogP contribution in [0.1, 0.15) is 21.5 Å². The summed E-state index contributed by atoms with van der Waals surface area (Å²) in [6.45, 7) is 0.783. The van der Waals surface area contributed by atoms with Gasteiger partial charge in [-0.3, -0.25) is 4.79 Å². The number of thiazole rings is 1. The van der Waals surface area contributed by atoms with Gasteiger partial charge in [-0.15, -0.1) is 11.3 Å². The van der Waals surface area contributed by atoms with Crippen LogP contribution in [0, 0.1) is 0 Å². The predicted molar refractivity (Wildman–Crippen MR) is 127 cm³/mol. The number of carbonyl (C=O) groups is 1. The van der Waals surface area contributed by atoms with E-state index in [1.807, 2.05) is 24.3 Å². The summed E-state index contributed by atoms with van der Waals surface area (Å²) in [4.78, 5) is 17.1. The lowest BCUT2D eigenvalue weighted by Gasteiger charge is -2.28. The smallest absolute Gasteiger partial charge is 0.255 e. The summed E-state index contributed by atoms with van der Waals surface area (Å²) in [5, 5.41) is 3.38. The highest BCUT2D eigenvalue weighted by atomic mass is 35.5. The molecule has 1 aliphatic rings.